The number of hydrogen-bond donors (Lipinski definition) is 3. The summed E-state index contributed by atoms with van der Waals surface area (Å²) in [6.45, 7) is 0. The molecule has 5 nitrogen and oxygen atoms in total. The molecule has 0 aliphatic heterocycles. The lowest BCUT2D eigenvalue weighted by molar-refractivity contribution is -0.138. The minimum Gasteiger partial charge on any atom is -0.506 e. The number of rotatable bonds is 4. The van der Waals surface area contributed by atoms with Crippen molar-refractivity contribution in [3.8, 4) is 5.75 Å². The lowest BCUT2D eigenvalue weighted by Gasteiger charge is -2.06. The van der Waals surface area contributed by atoms with Gasteiger partial charge in [-0.3, -0.25) is 9.59 Å². The van der Waals surface area contributed by atoms with Crippen molar-refractivity contribution in [3.63, 3.8) is 0 Å². The molecule has 0 heterocycles. The first-order chi connectivity index (χ1) is 7.49. The Kier molecular flexibility index (Phi) is 4.13. The van der Waals surface area contributed by atoms with E-state index in [1.54, 1.807) is 0 Å². The molecule has 0 aromatic heterocycles. The fourth-order valence-corrected chi connectivity index (χ4v) is 1.21. The molecule has 1 aromatic carbocycles. The summed E-state index contributed by atoms with van der Waals surface area (Å²) in [5.41, 5.74) is 0.169. The predicted molar refractivity (Wildman–Crippen MR) is 58.6 cm³/mol. The third-order valence-corrected chi connectivity index (χ3v) is 2.03. The predicted octanol–water partition coefficient (Wildman–Crippen LogP) is 1.85. The quantitative estimate of drug-likeness (QED) is 0.705. The van der Waals surface area contributed by atoms with E-state index in [4.69, 9.17) is 16.7 Å². The van der Waals surface area contributed by atoms with Gasteiger partial charge in [0.15, 0.2) is 0 Å². The highest BCUT2D eigenvalue weighted by molar-refractivity contribution is 6.31. The summed E-state index contributed by atoms with van der Waals surface area (Å²) in [6.07, 6.45) is -0.408. The second kappa shape index (κ2) is 5.37. The SMILES string of the molecule is O=C(O)CCC(=O)Nc1cc(Cl)ccc1O. The average molecular weight is 244 g/mol. The van der Waals surface area contributed by atoms with E-state index in [0.29, 0.717) is 5.02 Å². The highest BCUT2D eigenvalue weighted by atomic mass is 35.5. The van der Waals surface area contributed by atoms with E-state index < -0.39 is 11.9 Å². The van der Waals surface area contributed by atoms with Crippen molar-refractivity contribution >= 4 is 29.2 Å². The zero-order valence-electron chi connectivity index (χ0n) is 8.24. The van der Waals surface area contributed by atoms with Crippen LogP contribution >= 0.6 is 11.6 Å². The molecule has 0 unspecified atom stereocenters. The van der Waals surface area contributed by atoms with Gasteiger partial charge in [0.2, 0.25) is 5.91 Å². The summed E-state index contributed by atoms with van der Waals surface area (Å²) in [5, 5.41) is 20.5. The summed E-state index contributed by atoms with van der Waals surface area (Å²) in [4.78, 5) is 21.5. The van der Waals surface area contributed by atoms with Crippen molar-refractivity contribution in [2.24, 2.45) is 0 Å². The molecule has 1 aromatic rings. The monoisotopic (exact) mass is 243 g/mol. The van der Waals surface area contributed by atoms with Crippen LogP contribution in [0.1, 0.15) is 12.8 Å². The van der Waals surface area contributed by atoms with E-state index >= 15 is 0 Å². The first-order valence-electron chi connectivity index (χ1n) is 4.49. The lowest BCUT2D eigenvalue weighted by atomic mass is 10.2. The number of carbonyl (C=O) groups is 2. The van der Waals surface area contributed by atoms with Gasteiger partial charge in [-0.05, 0) is 18.2 Å². The molecule has 0 aliphatic carbocycles. The van der Waals surface area contributed by atoms with E-state index in [2.05, 4.69) is 5.32 Å². The van der Waals surface area contributed by atoms with Gasteiger partial charge in [0.05, 0.1) is 12.1 Å². The molecular weight excluding hydrogens is 234 g/mol. The summed E-state index contributed by atoms with van der Waals surface area (Å²) in [7, 11) is 0. The van der Waals surface area contributed by atoms with Gasteiger partial charge in [0, 0.05) is 11.4 Å². The summed E-state index contributed by atoms with van der Waals surface area (Å²) >= 11 is 5.67. The Morgan fingerprint density at radius 3 is 2.62 bits per heavy atom. The number of phenols is 1. The number of amides is 1. The van der Waals surface area contributed by atoms with Gasteiger partial charge in [-0.2, -0.15) is 0 Å². The van der Waals surface area contributed by atoms with E-state index in [1.807, 2.05) is 0 Å². The third-order valence-electron chi connectivity index (χ3n) is 1.80. The largest absolute Gasteiger partial charge is 0.506 e. The summed E-state index contributed by atoms with van der Waals surface area (Å²) in [6, 6.07) is 4.20. The standard InChI is InChI=1S/C10H10ClNO4/c11-6-1-2-8(13)7(5-6)12-9(14)3-4-10(15)16/h1-2,5,13H,3-4H2,(H,12,14)(H,15,16). The van der Waals surface area contributed by atoms with Gasteiger partial charge in [-0.15, -0.1) is 0 Å². The molecule has 0 spiro atoms. The molecule has 0 saturated heterocycles. The average Bonchev–Trinajstić information content (AvgIpc) is 2.20. The van der Waals surface area contributed by atoms with Crippen LogP contribution < -0.4 is 5.32 Å². The molecule has 0 atom stereocenters. The van der Waals surface area contributed by atoms with Crippen LogP contribution in [0, 0.1) is 0 Å². The van der Waals surface area contributed by atoms with Gasteiger partial charge in [-0.25, -0.2) is 0 Å². The minimum absolute atomic E-state index is 0.118. The Balaban J connectivity index is 2.62. The van der Waals surface area contributed by atoms with E-state index in [1.165, 1.54) is 18.2 Å². The fourth-order valence-electron chi connectivity index (χ4n) is 1.04. The number of benzene rings is 1. The highest BCUT2D eigenvalue weighted by Crippen LogP contribution is 2.26. The smallest absolute Gasteiger partial charge is 0.303 e. The van der Waals surface area contributed by atoms with E-state index in [0.717, 1.165) is 0 Å². The molecule has 16 heavy (non-hydrogen) atoms. The molecular formula is C10H10ClNO4. The first-order valence-corrected chi connectivity index (χ1v) is 4.87. The fraction of sp³-hybridized carbons (Fsp3) is 0.200. The maximum atomic E-state index is 11.3. The lowest BCUT2D eigenvalue weighted by Crippen LogP contribution is -2.13. The molecule has 86 valence electrons. The van der Waals surface area contributed by atoms with E-state index in [-0.39, 0.29) is 24.3 Å². The zero-order chi connectivity index (χ0) is 12.1. The van der Waals surface area contributed by atoms with Crippen LogP contribution in [0.5, 0.6) is 5.75 Å². The summed E-state index contributed by atoms with van der Waals surface area (Å²) < 4.78 is 0. The Hall–Kier alpha value is -1.75. The molecule has 0 radical (unpaired) electrons. The van der Waals surface area contributed by atoms with Gasteiger partial charge in [-0.1, -0.05) is 11.6 Å². The number of hydrogen-bond acceptors (Lipinski definition) is 3. The number of phenolic OH excluding ortho intramolecular Hbond substituents is 1. The molecule has 0 aliphatic rings. The zero-order valence-corrected chi connectivity index (χ0v) is 8.99. The second-order valence-corrected chi connectivity index (χ2v) is 3.54. The van der Waals surface area contributed by atoms with Crippen molar-refractivity contribution in [1.82, 2.24) is 0 Å². The summed E-state index contributed by atoms with van der Waals surface area (Å²) in [5.74, 6) is -1.65. The van der Waals surface area contributed by atoms with Gasteiger partial charge < -0.3 is 15.5 Å². The number of carbonyl (C=O) groups excluding carboxylic acids is 1. The van der Waals surface area contributed by atoms with Crippen LogP contribution in [0.4, 0.5) is 5.69 Å². The Labute approximate surface area is 96.7 Å². The number of halogens is 1. The number of carboxylic acids is 1. The van der Waals surface area contributed by atoms with Crippen LogP contribution in [0.2, 0.25) is 5.02 Å². The molecule has 0 bridgehead atoms. The van der Waals surface area contributed by atoms with Crippen molar-refractivity contribution in [1.29, 1.82) is 0 Å². The topological polar surface area (TPSA) is 86.6 Å². The van der Waals surface area contributed by atoms with Crippen LogP contribution in [-0.2, 0) is 9.59 Å². The van der Waals surface area contributed by atoms with Crippen molar-refractivity contribution in [2.75, 3.05) is 5.32 Å². The van der Waals surface area contributed by atoms with Crippen molar-refractivity contribution in [3.05, 3.63) is 23.2 Å². The Morgan fingerprint density at radius 1 is 1.31 bits per heavy atom. The molecule has 1 rings (SSSR count). The molecule has 6 heteroatoms. The number of aliphatic carboxylic acids is 1. The normalized spacial score (nSPS) is 9.81. The molecule has 0 saturated carbocycles. The van der Waals surface area contributed by atoms with Crippen LogP contribution in [-0.4, -0.2) is 22.1 Å². The molecule has 1 amide bonds. The van der Waals surface area contributed by atoms with Crippen LogP contribution in [0.25, 0.3) is 0 Å². The second-order valence-electron chi connectivity index (χ2n) is 3.10. The van der Waals surface area contributed by atoms with Gasteiger partial charge in [0.1, 0.15) is 5.75 Å². The van der Waals surface area contributed by atoms with Gasteiger partial charge in [0.25, 0.3) is 0 Å². The number of nitrogens with one attached hydrogen (secondary N) is 1. The number of aromatic hydroxyl groups is 1. The Bertz CT molecular complexity index is 419. The number of carboxylic acid groups (broad SMARTS) is 1. The maximum absolute atomic E-state index is 11.3. The first kappa shape index (κ1) is 12.3. The van der Waals surface area contributed by atoms with Crippen molar-refractivity contribution < 1.29 is 19.8 Å². The van der Waals surface area contributed by atoms with Crippen molar-refractivity contribution in [2.45, 2.75) is 12.8 Å². The maximum Gasteiger partial charge on any atom is 0.303 e. The van der Waals surface area contributed by atoms with Gasteiger partial charge >= 0.3 is 5.97 Å². The third kappa shape index (κ3) is 3.78. The number of anilines is 1. The molecule has 3 N–H and O–H groups in total. The van der Waals surface area contributed by atoms with Crippen LogP contribution in [0.3, 0.4) is 0 Å². The van der Waals surface area contributed by atoms with E-state index in [9.17, 15) is 14.7 Å². The Morgan fingerprint density at radius 2 is 2.00 bits per heavy atom. The van der Waals surface area contributed by atoms with Crippen LogP contribution in [0.15, 0.2) is 18.2 Å². The minimum atomic E-state index is -1.05. The highest BCUT2D eigenvalue weighted by Gasteiger charge is 2.08. The molecule has 0 fully saturated rings.